The van der Waals surface area contributed by atoms with Crippen LogP contribution in [0.4, 0.5) is 0 Å². The van der Waals surface area contributed by atoms with Gasteiger partial charge in [-0.2, -0.15) is 4.98 Å². The molecule has 1 fully saturated rings. The van der Waals surface area contributed by atoms with E-state index in [2.05, 4.69) is 66.3 Å². The van der Waals surface area contributed by atoms with E-state index in [1.165, 1.54) is 16.7 Å². The lowest BCUT2D eigenvalue weighted by molar-refractivity contribution is -0.128. The Morgan fingerprint density at radius 3 is 2.62 bits per heavy atom. The van der Waals surface area contributed by atoms with Crippen molar-refractivity contribution in [1.82, 2.24) is 20.4 Å². The number of aromatic nitrogens is 2. The molecule has 0 bridgehead atoms. The number of likely N-dealkylation sites (tertiary alicyclic amines) is 1. The molecule has 1 aromatic heterocycles. The fourth-order valence-corrected chi connectivity index (χ4v) is 5.07. The van der Waals surface area contributed by atoms with Crippen molar-refractivity contribution in [2.24, 2.45) is 11.8 Å². The fourth-order valence-electron chi connectivity index (χ4n) is 5.07. The molecule has 1 aliphatic rings. The summed E-state index contributed by atoms with van der Waals surface area (Å²) in [4.78, 5) is 20.2. The van der Waals surface area contributed by atoms with Crippen molar-refractivity contribution in [3.63, 3.8) is 0 Å². The zero-order valence-electron chi connectivity index (χ0n) is 22.7. The molecule has 1 N–H and O–H groups in total. The van der Waals surface area contributed by atoms with Gasteiger partial charge in [0.15, 0.2) is 11.5 Å². The van der Waals surface area contributed by atoms with E-state index in [1.54, 1.807) is 14.2 Å². The Morgan fingerprint density at radius 1 is 1.14 bits per heavy atom. The molecule has 8 nitrogen and oxygen atoms in total. The Kier molecular flexibility index (Phi) is 8.48. The van der Waals surface area contributed by atoms with Crippen LogP contribution in [-0.2, 0) is 11.3 Å². The van der Waals surface area contributed by atoms with Crippen LogP contribution in [0.1, 0.15) is 55.3 Å². The summed E-state index contributed by atoms with van der Waals surface area (Å²) in [5, 5.41) is 7.51. The second-order valence-electron chi connectivity index (χ2n) is 10.2. The minimum absolute atomic E-state index is 0.0107. The number of rotatable bonds is 9. The minimum atomic E-state index is -0.0750. The molecule has 2 atom stereocenters. The maximum Gasteiger partial charge on any atom is 0.241 e. The first-order valence-electron chi connectivity index (χ1n) is 12.9. The molecule has 3 aromatic rings. The molecule has 8 heteroatoms. The third-order valence-corrected chi connectivity index (χ3v) is 7.07. The van der Waals surface area contributed by atoms with Gasteiger partial charge in [-0.1, -0.05) is 42.8 Å². The van der Waals surface area contributed by atoms with Crippen LogP contribution in [0.25, 0.3) is 11.4 Å². The highest BCUT2D eigenvalue weighted by Gasteiger charge is 2.30. The molecule has 0 spiro atoms. The molecule has 198 valence electrons. The Bertz CT molecular complexity index is 1220. The first-order chi connectivity index (χ1) is 17.8. The van der Waals surface area contributed by atoms with Crippen molar-refractivity contribution in [2.45, 2.75) is 53.1 Å². The Balaban J connectivity index is 1.40. The highest BCUT2D eigenvalue weighted by molar-refractivity contribution is 5.79. The monoisotopic (exact) mass is 506 g/mol. The molecule has 1 aliphatic heterocycles. The van der Waals surface area contributed by atoms with Crippen LogP contribution < -0.4 is 14.8 Å². The number of methoxy groups -OCH3 is 2. The van der Waals surface area contributed by atoms with Gasteiger partial charge in [-0.3, -0.25) is 9.69 Å². The van der Waals surface area contributed by atoms with Gasteiger partial charge in [0, 0.05) is 12.1 Å². The molecule has 1 saturated heterocycles. The van der Waals surface area contributed by atoms with Crippen molar-refractivity contribution >= 4 is 5.91 Å². The molecule has 1 amide bonds. The summed E-state index contributed by atoms with van der Waals surface area (Å²) < 4.78 is 16.2. The largest absolute Gasteiger partial charge is 0.493 e. The highest BCUT2D eigenvalue weighted by atomic mass is 16.5. The van der Waals surface area contributed by atoms with Gasteiger partial charge in [0.25, 0.3) is 0 Å². The number of aryl methyl sites for hydroxylation is 2. The molecule has 4 rings (SSSR count). The van der Waals surface area contributed by atoms with E-state index in [9.17, 15) is 4.79 Å². The van der Waals surface area contributed by atoms with Crippen LogP contribution in [0.15, 0.2) is 40.9 Å². The number of carbonyl (C=O) groups is 1. The van der Waals surface area contributed by atoms with Crippen LogP contribution in [0.5, 0.6) is 11.5 Å². The summed E-state index contributed by atoms with van der Waals surface area (Å²) in [5.74, 6) is 2.60. The van der Waals surface area contributed by atoms with Gasteiger partial charge >= 0.3 is 0 Å². The number of amides is 1. The molecule has 0 radical (unpaired) electrons. The van der Waals surface area contributed by atoms with Crippen LogP contribution in [-0.4, -0.2) is 48.3 Å². The second-order valence-corrected chi connectivity index (χ2v) is 10.2. The average Bonchev–Trinajstić information content (AvgIpc) is 3.35. The van der Waals surface area contributed by atoms with Gasteiger partial charge in [0.1, 0.15) is 0 Å². The van der Waals surface area contributed by atoms with Crippen molar-refractivity contribution in [3.05, 3.63) is 59.0 Å². The van der Waals surface area contributed by atoms with Gasteiger partial charge in [-0.15, -0.1) is 0 Å². The Hall–Kier alpha value is -3.39. The number of ether oxygens (including phenoxy) is 2. The molecule has 0 saturated carbocycles. The molecule has 0 aliphatic carbocycles. The van der Waals surface area contributed by atoms with Gasteiger partial charge in [0.05, 0.1) is 32.7 Å². The van der Waals surface area contributed by atoms with E-state index >= 15 is 0 Å². The highest BCUT2D eigenvalue weighted by Crippen LogP contribution is 2.31. The third-order valence-electron chi connectivity index (χ3n) is 7.07. The molecular formula is C29H38N4O4. The van der Waals surface area contributed by atoms with Crippen molar-refractivity contribution < 1.29 is 18.8 Å². The summed E-state index contributed by atoms with van der Waals surface area (Å²) in [6.07, 6.45) is 1.82. The number of benzene rings is 2. The van der Waals surface area contributed by atoms with Gasteiger partial charge in [-0.05, 0) is 68.5 Å². The lowest BCUT2D eigenvalue weighted by Crippen LogP contribution is -2.44. The molecular weight excluding hydrogens is 468 g/mol. The predicted molar refractivity (Wildman–Crippen MR) is 142 cm³/mol. The maximum atomic E-state index is 13.4. The maximum absolute atomic E-state index is 13.4. The topological polar surface area (TPSA) is 89.7 Å². The number of hydrogen-bond donors (Lipinski definition) is 1. The molecule has 2 aromatic carbocycles. The zero-order valence-corrected chi connectivity index (χ0v) is 22.7. The standard InChI is InChI=1S/C29H38N4O4/c1-18(2)27(23-11-9-19(3)14-20(23)4)31-29(34)22-8-7-13-33(16-22)17-26-30-28(32-37-26)21-10-12-24(35-5)25(15-21)36-6/h9-12,14-15,18,22,27H,7-8,13,16-17H2,1-6H3,(H,31,34). The van der Waals surface area contributed by atoms with Crippen LogP contribution in [0, 0.1) is 25.7 Å². The summed E-state index contributed by atoms with van der Waals surface area (Å²) >= 11 is 0. The molecule has 37 heavy (non-hydrogen) atoms. The lowest BCUT2D eigenvalue weighted by Gasteiger charge is -2.33. The number of nitrogens with one attached hydrogen (secondary N) is 1. The first kappa shape index (κ1) is 26.7. The van der Waals surface area contributed by atoms with Gasteiger partial charge < -0.3 is 19.3 Å². The normalized spacial score (nSPS) is 17.0. The smallest absolute Gasteiger partial charge is 0.241 e. The first-order valence-corrected chi connectivity index (χ1v) is 12.9. The van der Waals surface area contributed by atoms with E-state index in [1.807, 2.05) is 18.2 Å². The summed E-state index contributed by atoms with van der Waals surface area (Å²) in [6.45, 7) is 10.6. The SMILES string of the molecule is COc1ccc(-c2noc(CN3CCCC(C(=O)NC(c4ccc(C)cc4C)C(C)C)C3)n2)cc1OC. The van der Waals surface area contributed by atoms with Crippen LogP contribution in [0.3, 0.4) is 0 Å². The number of nitrogens with zero attached hydrogens (tertiary/aromatic N) is 3. The van der Waals surface area contributed by atoms with Crippen molar-refractivity contribution in [1.29, 1.82) is 0 Å². The minimum Gasteiger partial charge on any atom is -0.493 e. The fraction of sp³-hybridized carbons (Fsp3) is 0.483. The average molecular weight is 507 g/mol. The number of hydrogen-bond acceptors (Lipinski definition) is 7. The number of piperidine rings is 1. The van der Waals surface area contributed by atoms with Gasteiger partial charge in [0.2, 0.25) is 17.6 Å². The summed E-state index contributed by atoms with van der Waals surface area (Å²) in [6, 6.07) is 12.0. The van der Waals surface area contributed by atoms with E-state index < -0.39 is 0 Å². The Morgan fingerprint density at radius 2 is 1.92 bits per heavy atom. The van der Waals surface area contributed by atoms with Crippen LogP contribution in [0.2, 0.25) is 0 Å². The number of carbonyl (C=O) groups excluding carboxylic acids is 1. The quantitative estimate of drug-likeness (QED) is 0.432. The van der Waals surface area contributed by atoms with E-state index in [0.717, 1.165) is 24.9 Å². The zero-order chi connectivity index (χ0) is 26.5. The van der Waals surface area contributed by atoms with Crippen molar-refractivity contribution in [2.75, 3.05) is 27.3 Å². The molecule has 2 unspecified atom stereocenters. The lowest BCUT2D eigenvalue weighted by atomic mass is 9.90. The van der Waals surface area contributed by atoms with Crippen LogP contribution >= 0.6 is 0 Å². The van der Waals surface area contributed by atoms with E-state index in [4.69, 9.17) is 14.0 Å². The van der Waals surface area contributed by atoms with Gasteiger partial charge in [-0.25, -0.2) is 0 Å². The summed E-state index contributed by atoms with van der Waals surface area (Å²) in [7, 11) is 3.19. The predicted octanol–water partition coefficient (Wildman–Crippen LogP) is 5.10. The van der Waals surface area contributed by atoms with Crippen molar-refractivity contribution in [3.8, 4) is 22.9 Å². The summed E-state index contributed by atoms with van der Waals surface area (Å²) in [5.41, 5.74) is 4.42. The van der Waals surface area contributed by atoms with E-state index in [-0.39, 0.29) is 17.9 Å². The van der Waals surface area contributed by atoms with E-state index in [0.29, 0.717) is 42.2 Å². The second kappa shape index (κ2) is 11.8. The molecule has 2 heterocycles. The third kappa shape index (κ3) is 6.31. The Labute approximate surface area is 219 Å².